The van der Waals surface area contributed by atoms with Crippen molar-refractivity contribution in [1.82, 2.24) is 4.98 Å². The number of nitrogens with two attached hydrogens (primary N) is 1. The Kier molecular flexibility index (Phi) is 2.55. The molecule has 1 amide bonds. The summed E-state index contributed by atoms with van der Waals surface area (Å²) in [5.74, 6) is 0.500. The van der Waals surface area contributed by atoms with Gasteiger partial charge in [0.15, 0.2) is 11.6 Å². The summed E-state index contributed by atoms with van der Waals surface area (Å²) in [5, 5.41) is 9.56. The zero-order chi connectivity index (χ0) is 10.8. The molecule has 1 aliphatic heterocycles. The zero-order valence-corrected chi connectivity index (χ0v) is 8.26. The van der Waals surface area contributed by atoms with E-state index in [1.165, 1.54) is 11.0 Å². The normalized spacial score (nSPS) is 21.0. The molecule has 1 fully saturated rings. The van der Waals surface area contributed by atoms with Crippen molar-refractivity contribution in [3.8, 4) is 5.75 Å². The van der Waals surface area contributed by atoms with Gasteiger partial charge < -0.3 is 10.8 Å². The van der Waals surface area contributed by atoms with Crippen LogP contribution in [0.5, 0.6) is 5.75 Å². The quantitative estimate of drug-likeness (QED) is 0.720. The highest BCUT2D eigenvalue weighted by Crippen LogP contribution is 2.29. The Balaban J connectivity index is 2.25. The molecule has 1 saturated heterocycles. The van der Waals surface area contributed by atoms with Gasteiger partial charge in [0.1, 0.15) is 0 Å². The lowest BCUT2D eigenvalue weighted by molar-refractivity contribution is -0.117. The maximum atomic E-state index is 11.6. The van der Waals surface area contributed by atoms with E-state index in [-0.39, 0.29) is 17.6 Å². The molecule has 1 aliphatic rings. The van der Waals surface area contributed by atoms with Crippen molar-refractivity contribution in [3.63, 3.8) is 0 Å². The molecule has 80 valence electrons. The Morgan fingerprint density at radius 2 is 2.47 bits per heavy atom. The molecule has 5 nitrogen and oxygen atoms in total. The molecule has 0 aliphatic carbocycles. The Labute approximate surface area is 87.5 Å². The summed E-state index contributed by atoms with van der Waals surface area (Å²) in [6, 6.07) is 3.14. The molecule has 5 heteroatoms. The highest BCUT2D eigenvalue weighted by Gasteiger charge is 2.31. The molecule has 0 spiro atoms. The first kappa shape index (κ1) is 9.92. The molecule has 1 unspecified atom stereocenters. The molecular formula is C10H13N3O2. The third-order valence-electron chi connectivity index (χ3n) is 2.56. The molecule has 2 heterocycles. The Morgan fingerprint density at radius 1 is 1.67 bits per heavy atom. The van der Waals surface area contributed by atoms with Gasteiger partial charge in [-0.2, -0.15) is 0 Å². The largest absolute Gasteiger partial charge is 0.504 e. The lowest BCUT2D eigenvalue weighted by Crippen LogP contribution is -2.26. The average molecular weight is 207 g/mol. The van der Waals surface area contributed by atoms with Crippen LogP contribution in [0.25, 0.3) is 0 Å². The molecule has 0 bridgehead atoms. The van der Waals surface area contributed by atoms with Gasteiger partial charge in [-0.1, -0.05) is 0 Å². The van der Waals surface area contributed by atoms with Crippen molar-refractivity contribution in [3.05, 3.63) is 18.3 Å². The van der Waals surface area contributed by atoms with Crippen LogP contribution in [0.1, 0.15) is 6.42 Å². The van der Waals surface area contributed by atoms with Crippen LogP contribution >= 0.6 is 0 Å². The molecule has 1 aromatic heterocycles. The van der Waals surface area contributed by atoms with E-state index in [2.05, 4.69) is 4.98 Å². The van der Waals surface area contributed by atoms with Gasteiger partial charge in [-0.3, -0.25) is 9.69 Å². The van der Waals surface area contributed by atoms with Crippen molar-refractivity contribution < 1.29 is 9.90 Å². The number of anilines is 1. The standard InChI is InChI=1S/C10H13N3O2/c11-5-7-4-9(15)13(6-7)10-8(14)2-1-3-12-10/h1-3,7,14H,4-6,11H2. The monoisotopic (exact) mass is 207 g/mol. The number of rotatable bonds is 2. The lowest BCUT2D eigenvalue weighted by atomic mass is 10.1. The molecule has 15 heavy (non-hydrogen) atoms. The summed E-state index contributed by atoms with van der Waals surface area (Å²) in [6.07, 6.45) is 1.99. The first-order valence-electron chi connectivity index (χ1n) is 4.86. The first-order valence-corrected chi connectivity index (χ1v) is 4.86. The summed E-state index contributed by atoms with van der Waals surface area (Å²) in [4.78, 5) is 17.1. The molecular weight excluding hydrogens is 194 g/mol. The van der Waals surface area contributed by atoms with E-state index in [1.807, 2.05) is 0 Å². The predicted molar refractivity (Wildman–Crippen MR) is 55.4 cm³/mol. The third-order valence-corrected chi connectivity index (χ3v) is 2.56. The van der Waals surface area contributed by atoms with E-state index >= 15 is 0 Å². The van der Waals surface area contributed by atoms with Gasteiger partial charge in [-0.05, 0) is 24.6 Å². The summed E-state index contributed by atoms with van der Waals surface area (Å²) in [6.45, 7) is 1.02. The van der Waals surface area contributed by atoms with Crippen LogP contribution in [0.4, 0.5) is 5.82 Å². The number of hydrogen-bond acceptors (Lipinski definition) is 4. The van der Waals surface area contributed by atoms with Crippen LogP contribution in [0.2, 0.25) is 0 Å². The molecule has 0 saturated carbocycles. The smallest absolute Gasteiger partial charge is 0.228 e. The van der Waals surface area contributed by atoms with E-state index in [9.17, 15) is 9.90 Å². The van der Waals surface area contributed by atoms with Crippen LogP contribution in [0.15, 0.2) is 18.3 Å². The highest BCUT2D eigenvalue weighted by molar-refractivity contribution is 5.95. The van der Waals surface area contributed by atoms with Gasteiger partial charge in [-0.15, -0.1) is 0 Å². The van der Waals surface area contributed by atoms with Crippen molar-refractivity contribution in [2.24, 2.45) is 11.7 Å². The average Bonchev–Trinajstić information content (AvgIpc) is 2.60. The minimum Gasteiger partial charge on any atom is -0.504 e. The van der Waals surface area contributed by atoms with E-state index in [1.54, 1.807) is 12.3 Å². The molecule has 1 aromatic rings. The molecule has 1 atom stereocenters. The number of aromatic nitrogens is 1. The first-order chi connectivity index (χ1) is 7.22. The number of aromatic hydroxyl groups is 1. The molecule has 2 rings (SSSR count). The van der Waals surface area contributed by atoms with Gasteiger partial charge in [0, 0.05) is 19.2 Å². The number of hydrogen-bond donors (Lipinski definition) is 2. The number of amides is 1. The fourth-order valence-corrected chi connectivity index (χ4v) is 1.74. The lowest BCUT2D eigenvalue weighted by Gasteiger charge is -2.15. The third kappa shape index (κ3) is 1.78. The fraction of sp³-hybridized carbons (Fsp3) is 0.400. The van der Waals surface area contributed by atoms with Crippen LogP contribution in [-0.2, 0) is 4.79 Å². The van der Waals surface area contributed by atoms with E-state index < -0.39 is 0 Å². The number of carbonyl (C=O) groups is 1. The Hall–Kier alpha value is -1.62. The van der Waals surface area contributed by atoms with Gasteiger partial charge in [0.05, 0.1) is 0 Å². The van der Waals surface area contributed by atoms with Crippen LogP contribution in [0.3, 0.4) is 0 Å². The number of carbonyl (C=O) groups excluding carboxylic acids is 1. The zero-order valence-electron chi connectivity index (χ0n) is 8.26. The Morgan fingerprint density at radius 3 is 3.07 bits per heavy atom. The van der Waals surface area contributed by atoms with Crippen molar-refractivity contribution in [2.45, 2.75) is 6.42 Å². The highest BCUT2D eigenvalue weighted by atomic mass is 16.3. The second-order valence-electron chi connectivity index (χ2n) is 3.66. The number of pyridine rings is 1. The minimum absolute atomic E-state index is 0.0283. The summed E-state index contributed by atoms with van der Waals surface area (Å²) in [5.41, 5.74) is 5.51. The number of nitrogens with zero attached hydrogens (tertiary/aromatic N) is 2. The van der Waals surface area contributed by atoms with E-state index in [4.69, 9.17) is 5.73 Å². The summed E-state index contributed by atoms with van der Waals surface area (Å²) >= 11 is 0. The van der Waals surface area contributed by atoms with Gasteiger partial charge >= 0.3 is 0 Å². The van der Waals surface area contributed by atoms with Crippen molar-refractivity contribution >= 4 is 11.7 Å². The SMILES string of the molecule is NCC1CC(=O)N(c2ncccc2O)C1. The van der Waals surface area contributed by atoms with Crippen molar-refractivity contribution in [2.75, 3.05) is 18.0 Å². The second kappa shape index (κ2) is 3.86. The van der Waals surface area contributed by atoms with E-state index in [0.717, 1.165) is 0 Å². The van der Waals surface area contributed by atoms with Gasteiger partial charge in [-0.25, -0.2) is 4.98 Å². The topological polar surface area (TPSA) is 79.5 Å². The summed E-state index contributed by atoms with van der Waals surface area (Å²) in [7, 11) is 0. The Bertz CT molecular complexity index is 381. The maximum Gasteiger partial charge on any atom is 0.228 e. The van der Waals surface area contributed by atoms with Crippen LogP contribution in [-0.4, -0.2) is 29.1 Å². The van der Waals surface area contributed by atoms with Gasteiger partial charge in [0.25, 0.3) is 0 Å². The van der Waals surface area contributed by atoms with E-state index in [0.29, 0.717) is 25.3 Å². The second-order valence-corrected chi connectivity index (χ2v) is 3.66. The minimum atomic E-state index is -0.0283. The molecule has 0 aromatic carbocycles. The predicted octanol–water partition coefficient (Wildman–Crippen LogP) is 0.0988. The van der Waals surface area contributed by atoms with Gasteiger partial charge in [0.2, 0.25) is 5.91 Å². The fourth-order valence-electron chi connectivity index (χ4n) is 1.74. The maximum absolute atomic E-state index is 11.6. The van der Waals surface area contributed by atoms with Crippen molar-refractivity contribution in [1.29, 1.82) is 0 Å². The van der Waals surface area contributed by atoms with Crippen LogP contribution in [0, 0.1) is 5.92 Å². The molecule has 0 radical (unpaired) electrons. The summed E-state index contributed by atoms with van der Waals surface area (Å²) < 4.78 is 0. The van der Waals surface area contributed by atoms with Crippen LogP contribution < -0.4 is 10.6 Å². The molecule has 3 N–H and O–H groups in total.